The van der Waals surface area contributed by atoms with Crippen molar-refractivity contribution < 1.29 is 9.53 Å². The molecule has 2 aromatic rings. The van der Waals surface area contributed by atoms with Crippen LogP contribution in [0.3, 0.4) is 0 Å². The zero-order chi connectivity index (χ0) is 17.6. The maximum Gasteiger partial charge on any atom is 0.206 e. The van der Waals surface area contributed by atoms with Crippen molar-refractivity contribution in [2.45, 2.75) is 30.5 Å². The number of thioether (sulfide) groups is 1. The van der Waals surface area contributed by atoms with Gasteiger partial charge in [-0.15, -0.1) is 10.2 Å². The Hall–Kier alpha value is -1.44. The predicted octanol–water partition coefficient (Wildman–Crippen LogP) is 3.87. The fraction of sp³-hybridized carbons (Fsp3) is 0.471. The maximum absolute atomic E-state index is 12.3. The van der Waals surface area contributed by atoms with E-state index in [0.29, 0.717) is 18.9 Å². The van der Waals surface area contributed by atoms with E-state index in [4.69, 9.17) is 4.74 Å². The number of hydrogen-bond acceptors (Lipinski definition) is 7. The zero-order valence-corrected chi connectivity index (χ0v) is 16.1. The Morgan fingerprint density at radius 2 is 1.96 bits per heavy atom. The average Bonchev–Trinajstić information content (AvgIpc) is 3.00. The summed E-state index contributed by atoms with van der Waals surface area (Å²) >= 11 is 2.87. The molecular formula is C17H23N3O2S2. The standard InChI is InChI=1S/C17H23N3O2S2/c1-17(2,3)13-7-5-12(6-8-13)14(21)11-23-16-20-19-15(24-16)18-9-10-22-4/h5-8H,9-11H2,1-4H3,(H,18,19). The molecule has 0 radical (unpaired) electrons. The minimum Gasteiger partial charge on any atom is -0.383 e. The van der Waals surface area contributed by atoms with E-state index >= 15 is 0 Å². The van der Waals surface area contributed by atoms with E-state index in [1.807, 2.05) is 24.3 Å². The van der Waals surface area contributed by atoms with E-state index in [1.165, 1.54) is 28.7 Å². The summed E-state index contributed by atoms with van der Waals surface area (Å²) in [4.78, 5) is 12.3. The van der Waals surface area contributed by atoms with Gasteiger partial charge in [-0.2, -0.15) is 0 Å². The lowest BCUT2D eigenvalue weighted by molar-refractivity contribution is 0.102. The average molecular weight is 366 g/mol. The molecule has 0 unspecified atom stereocenters. The van der Waals surface area contributed by atoms with E-state index in [2.05, 4.69) is 36.3 Å². The van der Waals surface area contributed by atoms with E-state index < -0.39 is 0 Å². The molecular weight excluding hydrogens is 342 g/mol. The summed E-state index contributed by atoms with van der Waals surface area (Å²) in [5.74, 6) is 0.464. The second-order valence-electron chi connectivity index (χ2n) is 6.33. The van der Waals surface area contributed by atoms with Gasteiger partial charge in [-0.1, -0.05) is 68.1 Å². The summed E-state index contributed by atoms with van der Waals surface area (Å²) in [7, 11) is 1.66. The van der Waals surface area contributed by atoms with Crippen LogP contribution in [0.4, 0.5) is 5.13 Å². The molecule has 0 atom stereocenters. The van der Waals surface area contributed by atoms with Gasteiger partial charge >= 0.3 is 0 Å². The number of aromatic nitrogens is 2. The normalized spacial score (nSPS) is 11.5. The van der Waals surface area contributed by atoms with Gasteiger partial charge in [0.1, 0.15) is 0 Å². The predicted molar refractivity (Wildman–Crippen MR) is 100 cm³/mol. The van der Waals surface area contributed by atoms with Crippen LogP contribution in [0, 0.1) is 0 Å². The van der Waals surface area contributed by atoms with Crippen molar-refractivity contribution in [1.29, 1.82) is 0 Å². The number of anilines is 1. The molecule has 0 aliphatic heterocycles. The van der Waals surface area contributed by atoms with E-state index in [0.717, 1.165) is 15.0 Å². The van der Waals surface area contributed by atoms with Crippen LogP contribution < -0.4 is 5.32 Å². The van der Waals surface area contributed by atoms with Gasteiger partial charge in [-0.05, 0) is 11.0 Å². The lowest BCUT2D eigenvalue weighted by atomic mass is 9.86. The smallest absolute Gasteiger partial charge is 0.206 e. The van der Waals surface area contributed by atoms with Gasteiger partial charge in [0, 0.05) is 19.2 Å². The third kappa shape index (κ3) is 5.58. The van der Waals surface area contributed by atoms with Crippen LogP contribution in [0.2, 0.25) is 0 Å². The van der Waals surface area contributed by atoms with Crippen LogP contribution in [0.1, 0.15) is 36.7 Å². The SMILES string of the molecule is COCCNc1nnc(SCC(=O)c2ccc(C(C)(C)C)cc2)s1. The largest absolute Gasteiger partial charge is 0.383 e. The van der Waals surface area contributed by atoms with Crippen LogP contribution in [0.15, 0.2) is 28.6 Å². The molecule has 0 bridgehead atoms. The molecule has 0 fully saturated rings. The lowest BCUT2D eigenvalue weighted by Crippen LogP contribution is -2.11. The number of benzene rings is 1. The van der Waals surface area contributed by atoms with Gasteiger partial charge in [0.05, 0.1) is 12.4 Å². The summed E-state index contributed by atoms with van der Waals surface area (Å²) < 4.78 is 5.76. The fourth-order valence-electron chi connectivity index (χ4n) is 1.97. The molecule has 1 aromatic heterocycles. The Bertz CT molecular complexity index is 663. The monoisotopic (exact) mass is 365 g/mol. The Kier molecular flexibility index (Phi) is 6.77. The van der Waals surface area contributed by atoms with Gasteiger partial charge in [0.2, 0.25) is 5.13 Å². The van der Waals surface area contributed by atoms with Crippen molar-refractivity contribution >= 4 is 34.0 Å². The highest BCUT2D eigenvalue weighted by Gasteiger charge is 2.15. The molecule has 0 saturated carbocycles. The number of carbonyl (C=O) groups is 1. The number of hydrogen-bond donors (Lipinski definition) is 1. The van der Waals surface area contributed by atoms with Crippen LogP contribution >= 0.6 is 23.1 Å². The Morgan fingerprint density at radius 3 is 2.58 bits per heavy atom. The summed E-state index contributed by atoms with van der Waals surface area (Å²) in [5, 5.41) is 12.0. The molecule has 0 spiro atoms. The summed E-state index contributed by atoms with van der Waals surface area (Å²) in [6.07, 6.45) is 0. The molecule has 24 heavy (non-hydrogen) atoms. The number of nitrogens with one attached hydrogen (secondary N) is 1. The van der Waals surface area contributed by atoms with Crippen molar-refractivity contribution in [1.82, 2.24) is 10.2 Å². The van der Waals surface area contributed by atoms with Crippen molar-refractivity contribution in [3.05, 3.63) is 35.4 Å². The van der Waals surface area contributed by atoms with Gasteiger partial charge < -0.3 is 10.1 Å². The summed E-state index contributed by atoms with van der Waals surface area (Å²) in [6.45, 7) is 7.79. The van der Waals surface area contributed by atoms with Crippen molar-refractivity contribution in [2.75, 3.05) is 31.3 Å². The number of carbonyl (C=O) groups excluding carboxylic acids is 1. The van der Waals surface area contributed by atoms with E-state index in [-0.39, 0.29) is 11.2 Å². The van der Waals surface area contributed by atoms with Crippen LogP contribution in [0.25, 0.3) is 0 Å². The number of rotatable bonds is 8. The highest BCUT2D eigenvalue weighted by molar-refractivity contribution is 8.01. The minimum atomic E-state index is 0.0924. The molecule has 0 amide bonds. The van der Waals surface area contributed by atoms with Gasteiger partial charge in [-0.25, -0.2) is 0 Å². The molecule has 1 heterocycles. The molecule has 0 saturated heterocycles. The molecule has 2 rings (SSSR count). The van der Waals surface area contributed by atoms with Crippen LogP contribution in [0.5, 0.6) is 0 Å². The maximum atomic E-state index is 12.3. The van der Waals surface area contributed by atoms with Crippen molar-refractivity contribution in [3.8, 4) is 0 Å². The Labute approximate surface area is 151 Å². The topological polar surface area (TPSA) is 64.1 Å². The number of methoxy groups -OCH3 is 1. The number of ketones is 1. The summed E-state index contributed by atoms with van der Waals surface area (Å²) in [6, 6.07) is 7.87. The summed E-state index contributed by atoms with van der Waals surface area (Å²) in [5.41, 5.74) is 2.05. The van der Waals surface area contributed by atoms with Crippen molar-refractivity contribution in [3.63, 3.8) is 0 Å². The minimum absolute atomic E-state index is 0.0924. The quantitative estimate of drug-likeness (QED) is 0.435. The fourth-order valence-corrected chi connectivity index (χ4v) is 3.64. The number of nitrogens with zero attached hydrogens (tertiary/aromatic N) is 2. The highest BCUT2D eigenvalue weighted by Crippen LogP contribution is 2.27. The third-order valence-electron chi connectivity index (χ3n) is 3.39. The Morgan fingerprint density at radius 1 is 1.25 bits per heavy atom. The van der Waals surface area contributed by atoms with Crippen LogP contribution in [-0.4, -0.2) is 42.0 Å². The first-order chi connectivity index (χ1) is 11.4. The zero-order valence-electron chi connectivity index (χ0n) is 14.5. The van der Waals surface area contributed by atoms with Gasteiger partial charge in [-0.3, -0.25) is 4.79 Å². The lowest BCUT2D eigenvalue weighted by Gasteiger charge is -2.18. The highest BCUT2D eigenvalue weighted by atomic mass is 32.2. The molecule has 5 nitrogen and oxygen atoms in total. The van der Waals surface area contributed by atoms with Crippen molar-refractivity contribution in [2.24, 2.45) is 0 Å². The molecule has 130 valence electrons. The second kappa shape index (κ2) is 8.60. The molecule has 1 aromatic carbocycles. The second-order valence-corrected chi connectivity index (χ2v) is 8.53. The first kappa shape index (κ1) is 18.9. The molecule has 7 heteroatoms. The van der Waals surface area contributed by atoms with Crippen LogP contribution in [-0.2, 0) is 10.2 Å². The molecule has 0 aliphatic carbocycles. The van der Waals surface area contributed by atoms with Gasteiger partial charge in [0.15, 0.2) is 10.1 Å². The number of Topliss-reactive ketones (excluding diaryl/α,β-unsaturated/α-hetero) is 1. The third-order valence-corrected chi connectivity index (χ3v) is 5.40. The molecule has 0 aliphatic rings. The first-order valence-electron chi connectivity index (χ1n) is 7.73. The van der Waals surface area contributed by atoms with E-state index in [1.54, 1.807) is 7.11 Å². The number of ether oxygens (including phenoxy) is 1. The van der Waals surface area contributed by atoms with Gasteiger partial charge in [0.25, 0.3) is 0 Å². The molecule has 1 N–H and O–H groups in total. The van der Waals surface area contributed by atoms with E-state index in [9.17, 15) is 4.79 Å². The Balaban J connectivity index is 1.86. The first-order valence-corrected chi connectivity index (χ1v) is 9.53.